The third kappa shape index (κ3) is 4.78. The zero-order valence-electron chi connectivity index (χ0n) is 19.8. The minimum atomic E-state index is -1.01. The van der Waals surface area contributed by atoms with Crippen LogP contribution in [0.3, 0.4) is 0 Å². The molecule has 2 fully saturated rings. The Labute approximate surface area is 206 Å². The van der Waals surface area contributed by atoms with Crippen molar-refractivity contribution in [2.45, 2.75) is 50.6 Å². The highest BCUT2D eigenvalue weighted by Crippen LogP contribution is 2.44. The number of fused-ring (bicyclic) bond motifs is 1. The summed E-state index contributed by atoms with van der Waals surface area (Å²) in [7, 11) is 0. The highest BCUT2D eigenvalue weighted by molar-refractivity contribution is 6.30. The van der Waals surface area contributed by atoms with Gasteiger partial charge in [-0.05, 0) is 56.0 Å². The van der Waals surface area contributed by atoms with Crippen LogP contribution in [0.4, 0.5) is 10.2 Å². The molecule has 5 rings (SSSR count). The minimum Gasteiger partial charge on any atom is -0.353 e. The molecular weight excluding hydrogens is 453 g/mol. The van der Waals surface area contributed by atoms with E-state index >= 15 is 0 Å². The van der Waals surface area contributed by atoms with Gasteiger partial charge < -0.3 is 14.7 Å². The first-order valence-electron chi connectivity index (χ1n) is 12.5. The van der Waals surface area contributed by atoms with Crippen molar-refractivity contribution < 1.29 is 9.18 Å². The molecule has 34 heavy (non-hydrogen) atoms. The Balaban J connectivity index is 1.30. The zero-order chi connectivity index (χ0) is 23.7. The number of amides is 1. The predicted octanol–water partition coefficient (Wildman–Crippen LogP) is 4.57. The number of nitrogens with zero attached hydrogens (tertiary/aromatic N) is 5. The number of likely N-dealkylation sites (tertiary alicyclic amines) is 1. The van der Waals surface area contributed by atoms with E-state index in [1.165, 1.54) is 25.6 Å². The number of hydrogen-bond donors (Lipinski definition) is 0. The Morgan fingerprint density at radius 2 is 1.76 bits per heavy atom. The first kappa shape index (κ1) is 23.5. The van der Waals surface area contributed by atoms with Gasteiger partial charge in [0.2, 0.25) is 5.91 Å². The van der Waals surface area contributed by atoms with E-state index in [1.807, 2.05) is 36.1 Å². The van der Waals surface area contributed by atoms with Gasteiger partial charge in [-0.2, -0.15) is 0 Å². The van der Waals surface area contributed by atoms with Gasteiger partial charge in [0.05, 0.1) is 11.6 Å². The molecule has 3 atom stereocenters. The predicted molar refractivity (Wildman–Crippen MR) is 132 cm³/mol. The number of carbonyl (C=O) groups excluding carboxylic acids is 1. The van der Waals surface area contributed by atoms with Crippen molar-refractivity contribution in [3.63, 3.8) is 0 Å². The summed E-state index contributed by atoms with van der Waals surface area (Å²) in [6.45, 7) is 7.55. The van der Waals surface area contributed by atoms with Gasteiger partial charge in [-0.3, -0.25) is 4.79 Å². The van der Waals surface area contributed by atoms with Crippen LogP contribution < -0.4 is 4.90 Å². The van der Waals surface area contributed by atoms with Crippen LogP contribution in [0.1, 0.15) is 67.4 Å². The fourth-order valence-corrected chi connectivity index (χ4v) is 5.82. The monoisotopic (exact) mass is 485 g/mol. The molecule has 0 radical (unpaired) electrons. The molecule has 0 unspecified atom stereocenters. The smallest absolute Gasteiger partial charge is 0.231 e. The number of alkyl halides is 1. The summed E-state index contributed by atoms with van der Waals surface area (Å²) >= 11 is 6.13. The van der Waals surface area contributed by atoms with E-state index in [9.17, 15) is 9.18 Å². The average Bonchev–Trinajstić information content (AvgIpc) is 3.17. The van der Waals surface area contributed by atoms with Crippen LogP contribution in [0.5, 0.6) is 0 Å². The minimum absolute atomic E-state index is 0.111. The summed E-state index contributed by atoms with van der Waals surface area (Å²) in [5, 5.41) is 0.684. The fraction of sp³-hybridized carbons (Fsp3) is 0.577. The van der Waals surface area contributed by atoms with Crippen LogP contribution in [0, 0.1) is 0 Å². The van der Waals surface area contributed by atoms with Crippen molar-refractivity contribution >= 4 is 23.3 Å². The molecule has 1 aromatic carbocycles. The summed E-state index contributed by atoms with van der Waals surface area (Å²) in [5.41, 5.74) is 2.51. The van der Waals surface area contributed by atoms with E-state index in [0.717, 1.165) is 36.6 Å². The normalized spacial score (nSPS) is 24.2. The Hall–Kier alpha value is -2.25. The van der Waals surface area contributed by atoms with E-state index in [4.69, 9.17) is 11.6 Å². The first-order valence-corrected chi connectivity index (χ1v) is 12.9. The van der Waals surface area contributed by atoms with Crippen molar-refractivity contribution in [2.24, 2.45) is 0 Å². The molecule has 1 aromatic heterocycles. The van der Waals surface area contributed by atoms with Gasteiger partial charge in [-0.15, -0.1) is 0 Å². The Morgan fingerprint density at radius 1 is 1.06 bits per heavy atom. The number of piperidine rings is 1. The highest BCUT2D eigenvalue weighted by atomic mass is 35.5. The van der Waals surface area contributed by atoms with Gasteiger partial charge in [0.15, 0.2) is 0 Å². The van der Waals surface area contributed by atoms with Gasteiger partial charge in [-0.25, -0.2) is 14.4 Å². The summed E-state index contributed by atoms with van der Waals surface area (Å²) in [4.78, 5) is 29.1. The number of hydrogen-bond acceptors (Lipinski definition) is 5. The van der Waals surface area contributed by atoms with E-state index < -0.39 is 6.17 Å². The van der Waals surface area contributed by atoms with Crippen molar-refractivity contribution in [2.75, 3.05) is 50.7 Å². The quantitative estimate of drug-likeness (QED) is 0.621. The molecule has 0 bridgehead atoms. The molecule has 2 aromatic rings. The average molecular weight is 486 g/mol. The number of anilines is 1. The molecule has 182 valence electrons. The second-order valence-electron chi connectivity index (χ2n) is 9.88. The molecule has 0 N–H and O–H groups in total. The van der Waals surface area contributed by atoms with Crippen molar-refractivity contribution in [1.29, 1.82) is 0 Å². The number of rotatable bonds is 5. The van der Waals surface area contributed by atoms with E-state index in [2.05, 4.69) is 19.8 Å². The molecule has 2 saturated heterocycles. The van der Waals surface area contributed by atoms with Crippen molar-refractivity contribution in [1.82, 2.24) is 19.8 Å². The number of carbonyl (C=O) groups is 1. The number of halogens is 2. The molecule has 0 saturated carbocycles. The van der Waals surface area contributed by atoms with Gasteiger partial charge in [-0.1, -0.05) is 37.1 Å². The Kier molecular flexibility index (Phi) is 7.02. The molecule has 1 aliphatic carbocycles. The Morgan fingerprint density at radius 3 is 2.47 bits per heavy atom. The first-order chi connectivity index (χ1) is 16.5. The fourth-order valence-electron chi connectivity index (χ4n) is 5.69. The second-order valence-corrected chi connectivity index (χ2v) is 10.3. The maximum absolute atomic E-state index is 14.4. The molecule has 3 heterocycles. The molecule has 3 aliphatic rings. The molecule has 1 amide bonds. The number of piperazine rings is 1. The van der Waals surface area contributed by atoms with Crippen LogP contribution in [-0.2, 0) is 4.79 Å². The highest BCUT2D eigenvalue weighted by Gasteiger charge is 2.36. The van der Waals surface area contributed by atoms with Crippen molar-refractivity contribution in [3.8, 4) is 0 Å². The second kappa shape index (κ2) is 10.2. The van der Waals surface area contributed by atoms with Crippen LogP contribution >= 0.6 is 11.6 Å². The van der Waals surface area contributed by atoms with Crippen LogP contribution in [0.2, 0.25) is 5.02 Å². The van der Waals surface area contributed by atoms with Gasteiger partial charge in [0, 0.05) is 43.3 Å². The van der Waals surface area contributed by atoms with Crippen LogP contribution in [-0.4, -0.2) is 71.5 Å². The third-order valence-electron chi connectivity index (χ3n) is 7.59. The largest absolute Gasteiger partial charge is 0.353 e. The van der Waals surface area contributed by atoms with Gasteiger partial charge >= 0.3 is 0 Å². The molecular formula is C26H33ClFN5O. The van der Waals surface area contributed by atoms with Crippen LogP contribution in [0.25, 0.3) is 0 Å². The molecule has 6 nitrogen and oxygen atoms in total. The van der Waals surface area contributed by atoms with Gasteiger partial charge in [0.1, 0.15) is 18.3 Å². The van der Waals surface area contributed by atoms with Gasteiger partial charge in [0.25, 0.3) is 0 Å². The Bertz CT molecular complexity index is 1000. The molecule has 2 aliphatic heterocycles. The number of benzene rings is 1. The SMILES string of the molecule is C[C@@H]1C[C@H](F)c2ncnc(N3CCN(C(=O)[C@@H](CN4CCCCC4)c4ccc(Cl)cc4)CC3)c21. The van der Waals surface area contributed by atoms with E-state index in [1.54, 1.807) is 0 Å². The maximum Gasteiger partial charge on any atom is 0.231 e. The lowest BCUT2D eigenvalue weighted by atomic mass is 9.95. The molecule has 0 spiro atoms. The standard InChI is InChI=1S/C26H33ClFN5O/c1-18-15-22(28)24-23(18)25(30-17-29-24)32-11-13-33(14-12-32)26(34)21(16-31-9-3-2-4-10-31)19-5-7-20(27)8-6-19/h5-8,17-18,21-22H,2-4,9-16H2,1H3/t18-,21+,22+/m1/s1. The summed E-state index contributed by atoms with van der Waals surface area (Å²) in [6.07, 6.45) is 4.60. The topological polar surface area (TPSA) is 52.6 Å². The lowest BCUT2D eigenvalue weighted by Crippen LogP contribution is -2.51. The lowest BCUT2D eigenvalue weighted by Gasteiger charge is -2.39. The van der Waals surface area contributed by atoms with Crippen molar-refractivity contribution in [3.05, 3.63) is 52.4 Å². The van der Waals surface area contributed by atoms with E-state index in [-0.39, 0.29) is 17.7 Å². The zero-order valence-corrected chi connectivity index (χ0v) is 20.6. The summed E-state index contributed by atoms with van der Waals surface area (Å²) < 4.78 is 14.4. The maximum atomic E-state index is 14.4. The summed E-state index contributed by atoms with van der Waals surface area (Å²) in [6, 6.07) is 7.73. The summed E-state index contributed by atoms with van der Waals surface area (Å²) in [5.74, 6) is 0.933. The van der Waals surface area contributed by atoms with Crippen LogP contribution in [0.15, 0.2) is 30.6 Å². The lowest BCUT2D eigenvalue weighted by molar-refractivity contribution is -0.133. The number of aromatic nitrogens is 2. The van der Waals surface area contributed by atoms with E-state index in [0.29, 0.717) is 43.3 Å². The third-order valence-corrected chi connectivity index (χ3v) is 7.85. The molecule has 8 heteroatoms.